The molecule has 24 heavy (non-hydrogen) atoms. The number of carbonyl (C=O) groups excluding carboxylic acids is 1. The van der Waals surface area contributed by atoms with Crippen LogP contribution in [0.4, 0.5) is 5.95 Å². The lowest BCUT2D eigenvalue weighted by Crippen LogP contribution is -2.15. The summed E-state index contributed by atoms with van der Waals surface area (Å²) in [7, 11) is 0. The van der Waals surface area contributed by atoms with Crippen molar-refractivity contribution in [1.29, 1.82) is 0 Å². The first-order chi connectivity index (χ1) is 11.6. The van der Waals surface area contributed by atoms with Crippen LogP contribution in [-0.2, 0) is 6.54 Å². The minimum Gasteiger partial charge on any atom is -0.317 e. The second-order valence-electron chi connectivity index (χ2n) is 5.92. The van der Waals surface area contributed by atoms with E-state index < -0.39 is 0 Å². The third kappa shape index (κ3) is 3.38. The van der Waals surface area contributed by atoms with Gasteiger partial charge in [-0.1, -0.05) is 47.5 Å². The molecule has 122 valence electrons. The molecule has 0 aliphatic carbocycles. The van der Waals surface area contributed by atoms with Crippen molar-refractivity contribution < 1.29 is 4.79 Å². The highest BCUT2D eigenvalue weighted by atomic mass is 16.1. The van der Waals surface area contributed by atoms with Gasteiger partial charge in [-0.2, -0.15) is 0 Å². The van der Waals surface area contributed by atoms with Crippen molar-refractivity contribution >= 4 is 11.9 Å². The van der Waals surface area contributed by atoms with E-state index in [1.54, 1.807) is 0 Å². The minimum absolute atomic E-state index is 0.147. The minimum atomic E-state index is -0.147. The number of amides is 1. The third-order valence-corrected chi connectivity index (χ3v) is 4.00. The molecular formula is C20H21N3O. The van der Waals surface area contributed by atoms with Crippen LogP contribution in [0.1, 0.15) is 28.4 Å². The predicted octanol–water partition coefficient (Wildman–Crippen LogP) is 4.44. The van der Waals surface area contributed by atoms with Crippen LogP contribution in [0, 0.1) is 13.8 Å². The Labute approximate surface area is 142 Å². The smallest absolute Gasteiger partial charge is 0.257 e. The van der Waals surface area contributed by atoms with Crippen molar-refractivity contribution in [2.75, 3.05) is 5.32 Å². The number of aromatic nitrogens is 2. The molecule has 0 aliphatic rings. The third-order valence-electron chi connectivity index (χ3n) is 4.00. The van der Waals surface area contributed by atoms with Crippen LogP contribution in [-0.4, -0.2) is 15.5 Å². The van der Waals surface area contributed by atoms with Gasteiger partial charge in [0.05, 0.1) is 5.69 Å². The summed E-state index contributed by atoms with van der Waals surface area (Å²) in [4.78, 5) is 17.0. The number of anilines is 1. The van der Waals surface area contributed by atoms with Gasteiger partial charge in [0.2, 0.25) is 5.95 Å². The zero-order valence-corrected chi connectivity index (χ0v) is 14.2. The average Bonchev–Trinajstić information content (AvgIpc) is 2.99. The van der Waals surface area contributed by atoms with Gasteiger partial charge < -0.3 is 4.57 Å². The van der Waals surface area contributed by atoms with Crippen LogP contribution >= 0.6 is 0 Å². The molecule has 1 heterocycles. The number of hydrogen-bond donors (Lipinski definition) is 1. The zero-order chi connectivity index (χ0) is 17.1. The number of benzene rings is 2. The Hall–Kier alpha value is -2.88. The maximum atomic E-state index is 12.4. The van der Waals surface area contributed by atoms with Gasteiger partial charge in [-0.25, -0.2) is 4.98 Å². The molecule has 2 aromatic carbocycles. The highest BCUT2D eigenvalue weighted by Crippen LogP contribution is 2.22. The van der Waals surface area contributed by atoms with Crippen molar-refractivity contribution in [2.24, 2.45) is 0 Å². The molecule has 0 spiro atoms. The lowest BCUT2D eigenvalue weighted by atomic mass is 10.1. The largest absolute Gasteiger partial charge is 0.317 e. The van der Waals surface area contributed by atoms with E-state index in [9.17, 15) is 4.79 Å². The Bertz CT molecular complexity index is 846. The van der Waals surface area contributed by atoms with Crippen molar-refractivity contribution in [1.82, 2.24) is 9.55 Å². The topological polar surface area (TPSA) is 46.9 Å². The van der Waals surface area contributed by atoms with Crippen LogP contribution in [0.15, 0.2) is 54.7 Å². The fourth-order valence-electron chi connectivity index (χ4n) is 2.50. The summed E-state index contributed by atoms with van der Waals surface area (Å²) >= 11 is 0. The van der Waals surface area contributed by atoms with Gasteiger partial charge in [-0.05, 0) is 32.9 Å². The Morgan fingerprint density at radius 2 is 1.58 bits per heavy atom. The van der Waals surface area contributed by atoms with E-state index in [0.717, 1.165) is 23.4 Å². The molecular weight excluding hydrogens is 298 g/mol. The fraction of sp³-hybridized carbons (Fsp3) is 0.200. The summed E-state index contributed by atoms with van der Waals surface area (Å²) in [5.74, 6) is 0.421. The summed E-state index contributed by atoms with van der Waals surface area (Å²) in [5, 5.41) is 2.91. The number of hydrogen-bond acceptors (Lipinski definition) is 2. The monoisotopic (exact) mass is 319 g/mol. The van der Waals surface area contributed by atoms with Gasteiger partial charge in [-0.15, -0.1) is 0 Å². The molecule has 0 bridgehead atoms. The van der Waals surface area contributed by atoms with Crippen LogP contribution in [0.25, 0.3) is 11.3 Å². The molecule has 4 heteroatoms. The average molecular weight is 319 g/mol. The number of imidazole rings is 1. The number of carbonyl (C=O) groups is 1. The molecule has 4 nitrogen and oxygen atoms in total. The summed E-state index contributed by atoms with van der Waals surface area (Å²) < 4.78 is 1.95. The van der Waals surface area contributed by atoms with Gasteiger partial charge in [0.15, 0.2) is 0 Å². The van der Waals surface area contributed by atoms with Crippen molar-refractivity contribution in [2.45, 2.75) is 27.3 Å². The van der Waals surface area contributed by atoms with Gasteiger partial charge in [-0.3, -0.25) is 10.1 Å². The quantitative estimate of drug-likeness (QED) is 0.773. The van der Waals surface area contributed by atoms with Crippen LogP contribution in [0.3, 0.4) is 0 Å². The highest BCUT2D eigenvalue weighted by Gasteiger charge is 2.13. The summed E-state index contributed by atoms with van der Waals surface area (Å²) in [6.45, 7) is 6.82. The van der Waals surface area contributed by atoms with Gasteiger partial charge in [0.1, 0.15) is 0 Å². The standard InChI is InChI=1S/C20H21N3O/c1-4-23-13-18(16-9-5-14(2)6-10-16)21-20(23)22-19(24)17-11-7-15(3)8-12-17/h5-13H,4H2,1-3H3,(H,21,22,24). The van der Waals surface area contributed by atoms with Crippen LogP contribution in [0.2, 0.25) is 0 Å². The fourth-order valence-corrected chi connectivity index (χ4v) is 2.50. The number of nitrogens with zero attached hydrogens (tertiary/aromatic N) is 2. The van der Waals surface area contributed by atoms with Crippen molar-refractivity contribution in [3.05, 3.63) is 71.4 Å². The molecule has 3 rings (SSSR count). The molecule has 0 saturated carbocycles. The van der Waals surface area contributed by atoms with Gasteiger partial charge >= 0.3 is 0 Å². The molecule has 0 aliphatic heterocycles. The molecule has 0 unspecified atom stereocenters. The number of aryl methyl sites for hydroxylation is 3. The van der Waals surface area contributed by atoms with E-state index in [2.05, 4.69) is 29.4 Å². The molecule has 1 aromatic heterocycles. The summed E-state index contributed by atoms with van der Waals surface area (Å²) in [6, 6.07) is 15.7. The van der Waals surface area contributed by atoms with E-state index in [0.29, 0.717) is 11.5 Å². The highest BCUT2D eigenvalue weighted by molar-refractivity contribution is 6.03. The van der Waals surface area contributed by atoms with Gasteiger partial charge in [0, 0.05) is 23.9 Å². The molecule has 0 atom stereocenters. The predicted molar refractivity (Wildman–Crippen MR) is 97.2 cm³/mol. The van der Waals surface area contributed by atoms with E-state index in [1.807, 2.05) is 61.0 Å². The number of rotatable bonds is 4. The molecule has 1 N–H and O–H groups in total. The summed E-state index contributed by atoms with van der Waals surface area (Å²) in [5.41, 5.74) is 4.86. The Balaban J connectivity index is 1.86. The van der Waals surface area contributed by atoms with E-state index in [4.69, 9.17) is 0 Å². The van der Waals surface area contributed by atoms with E-state index in [1.165, 1.54) is 5.56 Å². The first-order valence-corrected chi connectivity index (χ1v) is 8.09. The second kappa shape index (κ2) is 6.71. The maximum absolute atomic E-state index is 12.4. The van der Waals surface area contributed by atoms with E-state index >= 15 is 0 Å². The Kier molecular flexibility index (Phi) is 4.47. The molecule has 1 amide bonds. The molecule has 3 aromatic rings. The SMILES string of the molecule is CCn1cc(-c2ccc(C)cc2)nc1NC(=O)c1ccc(C)cc1. The van der Waals surface area contributed by atoms with Crippen molar-refractivity contribution in [3.8, 4) is 11.3 Å². The van der Waals surface area contributed by atoms with Gasteiger partial charge in [0.25, 0.3) is 5.91 Å². The lowest BCUT2D eigenvalue weighted by molar-refractivity contribution is 0.102. The summed E-state index contributed by atoms with van der Waals surface area (Å²) in [6.07, 6.45) is 1.97. The maximum Gasteiger partial charge on any atom is 0.257 e. The Morgan fingerprint density at radius 3 is 2.17 bits per heavy atom. The van der Waals surface area contributed by atoms with Crippen molar-refractivity contribution in [3.63, 3.8) is 0 Å². The second-order valence-corrected chi connectivity index (χ2v) is 5.92. The first kappa shape index (κ1) is 16.0. The number of nitrogens with one attached hydrogen (secondary N) is 1. The molecule has 0 radical (unpaired) electrons. The first-order valence-electron chi connectivity index (χ1n) is 8.09. The Morgan fingerprint density at radius 1 is 1.00 bits per heavy atom. The normalized spacial score (nSPS) is 10.6. The lowest BCUT2D eigenvalue weighted by Gasteiger charge is -2.06. The van der Waals surface area contributed by atoms with E-state index in [-0.39, 0.29) is 5.91 Å². The molecule has 0 saturated heterocycles. The van der Waals surface area contributed by atoms with Crippen LogP contribution in [0.5, 0.6) is 0 Å². The molecule has 0 fully saturated rings. The van der Waals surface area contributed by atoms with Crippen LogP contribution < -0.4 is 5.32 Å². The zero-order valence-electron chi connectivity index (χ0n) is 14.2.